The quantitative estimate of drug-likeness (QED) is 0.0447. The van der Waals surface area contributed by atoms with Gasteiger partial charge in [0, 0.05) is 35.7 Å². The number of carbonyl (C=O) groups excluding carboxylic acids is 3. The van der Waals surface area contributed by atoms with Gasteiger partial charge in [0.25, 0.3) is 0 Å². The third-order valence-corrected chi connectivity index (χ3v) is 16.3. The number of aromatic nitrogens is 4. The number of rotatable bonds is 23. The fraction of sp³-hybridized carbons (Fsp3) is 0.527. The summed E-state index contributed by atoms with van der Waals surface area (Å²) < 4.78 is 55.9. The van der Waals surface area contributed by atoms with Crippen LogP contribution in [0.15, 0.2) is 65.8 Å². The van der Waals surface area contributed by atoms with Crippen molar-refractivity contribution < 1.29 is 46.5 Å². The number of hydrogen-bond donors (Lipinski definition) is 5. The lowest BCUT2D eigenvalue weighted by molar-refractivity contribution is -0.147. The number of nitrogens with one attached hydrogen (secondary N) is 5. The number of hydrogen-bond acceptors (Lipinski definition) is 15. The van der Waals surface area contributed by atoms with Gasteiger partial charge in [-0.3, -0.25) is 19.5 Å². The van der Waals surface area contributed by atoms with Crippen LogP contribution in [0.2, 0.25) is 0 Å². The molecule has 3 heterocycles. The first-order valence-corrected chi connectivity index (χ1v) is 27.2. The zero-order valence-corrected chi connectivity index (χ0v) is 45.9. The summed E-state index contributed by atoms with van der Waals surface area (Å²) in [6.07, 6.45) is 4.43. The molecule has 5 aromatic rings. The molecular formula is C55H75N9O10S. The van der Waals surface area contributed by atoms with Gasteiger partial charge in [-0.2, -0.15) is 5.10 Å². The maximum Gasteiger partial charge on any atom is 0.246 e. The Bertz CT molecular complexity index is 2920. The number of aryl methyl sites for hydroxylation is 2. The summed E-state index contributed by atoms with van der Waals surface area (Å²) in [5.74, 6) is 0.918. The van der Waals surface area contributed by atoms with Crippen molar-refractivity contribution >= 4 is 50.1 Å². The standard InChI is InChI=1S/C55H75N9O10S/c1-34-35(2)62-63-49(34)61-50-42-30-47(75(68,69)55(7,8)9)46(31-44(42)57-33-58-50)74-27-25-72-23-21-70-20-22-71-24-26-73-40-19-18-38-29-45(52(66)59-43-17-13-15-37-14-11-12-16-41(37)43)64(32-39(38)28-40)53(67)48(54(4,5)6)60-51(65)36(3)56-10/h11-12,14,16,18-19,28,30-31,33,36,43,45,48,56H,13,15,17,20-27,29,32H2,1-10H3,(H,59,66)(H,60,65)(H2,57,58,61,62,63). The van der Waals surface area contributed by atoms with Gasteiger partial charge < -0.3 is 49.9 Å². The molecule has 0 fully saturated rings. The number of sulfone groups is 1. The van der Waals surface area contributed by atoms with E-state index in [1.807, 2.05) is 65.0 Å². The average Bonchev–Trinajstić information content (AvgIpc) is 3.69. The van der Waals surface area contributed by atoms with E-state index in [1.165, 1.54) is 11.9 Å². The molecule has 4 atom stereocenters. The summed E-state index contributed by atoms with van der Waals surface area (Å²) >= 11 is 0. The highest BCUT2D eigenvalue weighted by molar-refractivity contribution is 7.92. The molecule has 1 aliphatic heterocycles. The Balaban J connectivity index is 0.873. The van der Waals surface area contributed by atoms with Gasteiger partial charge >= 0.3 is 0 Å². The van der Waals surface area contributed by atoms with Crippen LogP contribution in [0.5, 0.6) is 11.5 Å². The lowest BCUT2D eigenvalue weighted by atomic mass is 9.83. The van der Waals surface area contributed by atoms with Crippen molar-refractivity contribution in [2.45, 2.75) is 128 Å². The van der Waals surface area contributed by atoms with Crippen molar-refractivity contribution in [1.29, 1.82) is 0 Å². The van der Waals surface area contributed by atoms with E-state index in [2.05, 4.69) is 53.6 Å². The Morgan fingerprint density at radius 3 is 2.16 bits per heavy atom. The summed E-state index contributed by atoms with van der Waals surface area (Å²) in [4.78, 5) is 52.7. The van der Waals surface area contributed by atoms with Crippen molar-refractivity contribution in [3.05, 3.63) is 94.4 Å². The molecule has 75 heavy (non-hydrogen) atoms. The van der Waals surface area contributed by atoms with Crippen LogP contribution >= 0.6 is 0 Å². The Kier molecular flexibility index (Phi) is 18.6. The molecular weight excluding hydrogens is 979 g/mol. The minimum atomic E-state index is -3.85. The highest BCUT2D eigenvalue weighted by atomic mass is 32.2. The van der Waals surface area contributed by atoms with Gasteiger partial charge in [0.2, 0.25) is 17.7 Å². The fourth-order valence-electron chi connectivity index (χ4n) is 9.01. The maximum atomic E-state index is 14.7. The van der Waals surface area contributed by atoms with E-state index in [0.717, 1.165) is 47.2 Å². The first-order valence-electron chi connectivity index (χ1n) is 25.8. The second kappa shape index (κ2) is 24.7. The molecule has 19 nitrogen and oxygen atoms in total. The topological polar surface area (TPSA) is 237 Å². The van der Waals surface area contributed by atoms with Crippen LogP contribution in [0.4, 0.5) is 11.6 Å². The van der Waals surface area contributed by atoms with E-state index in [1.54, 1.807) is 51.8 Å². The SMILES string of the molecule is CNC(C)C(=O)NC(C(=O)N1Cc2cc(OCCOCCOCCOCCOc3cc4ncnc(Nc5n[nH]c(C)c5C)c4cc3S(=O)(=O)C(C)(C)C)ccc2CC1C(=O)NC1CCCc2ccccc21)C(C)(C)C. The molecule has 4 unspecified atom stereocenters. The lowest BCUT2D eigenvalue weighted by Crippen LogP contribution is -2.62. The van der Waals surface area contributed by atoms with Crippen LogP contribution in [0, 0.1) is 19.3 Å². The van der Waals surface area contributed by atoms with E-state index in [-0.39, 0.29) is 67.4 Å². The van der Waals surface area contributed by atoms with Crippen LogP contribution in [0.3, 0.4) is 0 Å². The van der Waals surface area contributed by atoms with Crippen molar-refractivity contribution in [2.75, 3.05) is 65.2 Å². The Morgan fingerprint density at radius 2 is 1.51 bits per heavy atom. The number of anilines is 2. The molecule has 0 saturated heterocycles. The molecule has 0 bridgehead atoms. The van der Waals surface area contributed by atoms with E-state index < -0.39 is 38.1 Å². The monoisotopic (exact) mass is 1050 g/mol. The van der Waals surface area contributed by atoms with Gasteiger partial charge in [-0.25, -0.2) is 18.4 Å². The first kappa shape index (κ1) is 56.5. The molecule has 2 aromatic heterocycles. The van der Waals surface area contributed by atoms with E-state index in [9.17, 15) is 22.8 Å². The largest absolute Gasteiger partial charge is 0.491 e. The molecule has 3 amide bonds. The number of benzene rings is 3. The predicted octanol–water partition coefficient (Wildman–Crippen LogP) is 6.38. The minimum absolute atomic E-state index is 0.0257. The average molecular weight is 1050 g/mol. The maximum absolute atomic E-state index is 14.7. The summed E-state index contributed by atoms with van der Waals surface area (Å²) in [6, 6.07) is 14.7. The van der Waals surface area contributed by atoms with Crippen molar-refractivity contribution in [1.82, 2.24) is 41.0 Å². The third-order valence-electron chi connectivity index (χ3n) is 13.8. The van der Waals surface area contributed by atoms with Crippen LogP contribution in [-0.4, -0.2) is 134 Å². The van der Waals surface area contributed by atoms with Gasteiger partial charge in [0.05, 0.1) is 62.0 Å². The normalized spacial score (nSPS) is 16.6. The second-order valence-electron chi connectivity index (χ2n) is 21.2. The van der Waals surface area contributed by atoms with Crippen LogP contribution in [0.1, 0.15) is 101 Å². The zero-order valence-electron chi connectivity index (χ0n) is 45.1. The summed E-state index contributed by atoms with van der Waals surface area (Å²) in [5, 5.41) is 20.2. The van der Waals surface area contributed by atoms with E-state index >= 15 is 0 Å². The molecule has 3 aromatic carbocycles. The number of carbonyl (C=O) groups is 3. The summed E-state index contributed by atoms with van der Waals surface area (Å²) in [6.45, 7) is 18.5. The number of nitrogens with zero attached hydrogens (tertiary/aromatic N) is 4. The van der Waals surface area contributed by atoms with Crippen molar-refractivity contribution in [3.8, 4) is 11.5 Å². The summed E-state index contributed by atoms with van der Waals surface area (Å²) in [7, 11) is -2.16. The zero-order chi connectivity index (χ0) is 54.1. The van der Waals surface area contributed by atoms with Gasteiger partial charge in [-0.1, -0.05) is 51.1 Å². The Morgan fingerprint density at radius 1 is 0.827 bits per heavy atom. The molecule has 0 saturated carbocycles. The van der Waals surface area contributed by atoms with Crippen LogP contribution in [0.25, 0.3) is 10.9 Å². The molecule has 0 radical (unpaired) electrons. The van der Waals surface area contributed by atoms with Gasteiger partial charge in [0.15, 0.2) is 15.7 Å². The lowest BCUT2D eigenvalue weighted by Gasteiger charge is -2.41. The fourth-order valence-corrected chi connectivity index (χ4v) is 10.3. The van der Waals surface area contributed by atoms with Gasteiger partial charge in [0.1, 0.15) is 53.8 Å². The molecule has 7 rings (SSSR count). The Labute approximate surface area is 440 Å². The van der Waals surface area contributed by atoms with Crippen LogP contribution in [-0.2, 0) is 57.8 Å². The van der Waals surface area contributed by atoms with Crippen molar-refractivity contribution in [3.63, 3.8) is 0 Å². The summed E-state index contributed by atoms with van der Waals surface area (Å²) in [5.41, 5.74) is 5.80. The third kappa shape index (κ3) is 13.8. The predicted molar refractivity (Wildman–Crippen MR) is 286 cm³/mol. The van der Waals surface area contributed by atoms with E-state index in [4.69, 9.17) is 23.7 Å². The minimum Gasteiger partial charge on any atom is -0.491 e. The first-order chi connectivity index (χ1) is 35.7. The van der Waals surface area contributed by atoms with E-state index in [0.29, 0.717) is 61.1 Å². The highest BCUT2D eigenvalue weighted by Gasteiger charge is 2.43. The van der Waals surface area contributed by atoms with Gasteiger partial charge in [-0.05, 0) is 114 Å². The number of H-pyrrole nitrogens is 1. The highest BCUT2D eigenvalue weighted by Crippen LogP contribution is 2.38. The molecule has 0 spiro atoms. The Hall–Kier alpha value is -6.19. The molecule has 1 aliphatic carbocycles. The number of fused-ring (bicyclic) bond motifs is 3. The van der Waals surface area contributed by atoms with Crippen LogP contribution < -0.4 is 30.7 Å². The molecule has 20 heteroatoms. The molecule has 5 N–H and O–H groups in total. The van der Waals surface area contributed by atoms with Gasteiger partial charge in [-0.15, -0.1) is 0 Å². The van der Waals surface area contributed by atoms with Crippen molar-refractivity contribution in [2.24, 2.45) is 5.41 Å². The number of ether oxygens (including phenoxy) is 5. The number of likely N-dealkylation sites (N-methyl/N-ethyl adjacent to an activating group) is 1. The smallest absolute Gasteiger partial charge is 0.246 e. The number of aromatic amines is 1. The molecule has 2 aliphatic rings. The number of amides is 3. The molecule has 406 valence electrons. The second-order valence-corrected chi connectivity index (χ2v) is 23.9.